The van der Waals surface area contributed by atoms with Crippen LogP contribution in [0.5, 0.6) is 5.75 Å². The maximum atomic E-state index is 6.81. The van der Waals surface area contributed by atoms with Gasteiger partial charge in [-0.3, -0.25) is 0 Å². The molecule has 0 spiro atoms. The number of unbranched alkanes of at least 4 members (excludes halogenated alkanes) is 13. The lowest BCUT2D eigenvalue weighted by molar-refractivity contribution is 0.0530. The molecule has 0 aliphatic carbocycles. The van der Waals surface area contributed by atoms with Crippen molar-refractivity contribution in [2.45, 2.75) is 169 Å². The monoisotopic (exact) mass is 496 g/mol. The second-order valence-electron chi connectivity index (χ2n) is 13.1. The highest BCUT2D eigenvalue weighted by atomic mass is 16.5. The van der Waals surface area contributed by atoms with E-state index in [9.17, 15) is 0 Å². The quantitative estimate of drug-likeness (QED) is 0.229. The average molecular weight is 497 g/mol. The van der Waals surface area contributed by atoms with E-state index in [1.165, 1.54) is 118 Å². The van der Waals surface area contributed by atoms with E-state index in [1.54, 1.807) is 0 Å². The maximum absolute atomic E-state index is 6.81. The van der Waals surface area contributed by atoms with Crippen LogP contribution < -0.4 is 4.74 Å². The molecule has 1 atom stereocenters. The molecule has 0 radical (unpaired) electrons. The lowest BCUT2D eigenvalue weighted by atomic mass is 9.85. The Labute approximate surface area is 223 Å². The van der Waals surface area contributed by atoms with Gasteiger partial charge >= 0.3 is 0 Å². The molecular weight excluding hydrogens is 440 g/mol. The van der Waals surface area contributed by atoms with Crippen LogP contribution in [0, 0.1) is 13.8 Å². The molecule has 1 aromatic carbocycles. The van der Waals surface area contributed by atoms with Crippen LogP contribution in [0.1, 0.15) is 160 Å². The van der Waals surface area contributed by atoms with Crippen molar-refractivity contribution in [3.05, 3.63) is 28.5 Å². The molecule has 2 heteroatoms. The summed E-state index contributed by atoms with van der Waals surface area (Å²) in [5.41, 5.74) is 4.91. The lowest BCUT2D eigenvalue weighted by Crippen LogP contribution is -2.36. The lowest BCUT2D eigenvalue weighted by Gasteiger charge is -2.37. The Kier molecular flexibility index (Phi) is 10.8. The highest BCUT2D eigenvalue weighted by molar-refractivity contribution is 5.89. The Bertz CT molecular complexity index is 944. The molecule has 0 saturated heterocycles. The molecule has 0 amide bonds. The van der Waals surface area contributed by atoms with E-state index in [1.807, 2.05) is 0 Å². The van der Waals surface area contributed by atoms with Crippen molar-refractivity contribution >= 4 is 11.0 Å². The number of furan rings is 1. The number of benzene rings is 1. The van der Waals surface area contributed by atoms with E-state index in [4.69, 9.17) is 9.15 Å². The third-order valence-corrected chi connectivity index (χ3v) is 8.63. The molecule has 1 aliphatic rings. The van der Waals surface area contributed by atoms with Gasteiger partial charge in [0.15, 0.2) is 0 Å². The minimum atomic E-state index is -0.0361. The zero-order valence-corrected chi connectivity index (χ0v) is 24.9. The molecule has 2 aromatic rings. The molecule has 36 heavy (non-hydrogen) atoms. The normalized spacial score (nSPS) is 18.0. The first-order valence-corrected chi connectivity index (χ1v) is 15.4. The predicted octanol–water partition coefficient (Wildman–Crippen LogP) is 11.3. The SMILES string of the molecule is CCCCCCCCCCCCCCCCC1(C)CCc2c(c(C)c(C)c3oc(C(C)(C)C)cc23)O1. The molecule has 0 bridgehead atoms. The fraction of sp³-hybridized carbons (Fsp3) is 0.765. The molecule has 0 fully saturated rings. The molecule has 1 unspecified atom stereocenters. The van der Waals surface area contributed by atoms with Crippen LogP contribution in [0.25, 0.3) is 11.0 Å². The van der Waals surface area contributed by atoms with Crippen molar-refractivity contribution in [3.63, 3.8) is 0 Å². The number of hydrogen-bond acceptors (Lipinski definition) is 2. The largest absolute Gasteiger partial charge is 0.487 e. The molecule has 0 saturated carbocycles. The van der Waals surface area contributed by atoms with Crippen molar-refractivity contribution < 1.29 is 9.15 Å². The Morgan fingerprint density at radius 1 is 0.778 bits per heavy atom. The summed E-state index contributed by atoms with van der Waals surface area (Å²) in [6.07, 6.45) is 23.1. The number of fused-ring (bicyclic) bond motifs is 3. The fourth-order valence-electron chi connectivity index (χ4n) is 5.90. The standard InChI is InChI=1S/C34H56O2/c1-8-9-10-11-12-13-14-15-16-17-18-19-20-21-23-34(7)24-22-28-29-25-30(33(4,5)6)35-31(29)26(2)27(3)32(28)36-34/h25H,8-24H2,1-7H3. The van der Waals surface area contributed by atoms with Gasteiger partial charge < -0.3 is 9.15 Å². The zero-order valence-electron chi connectivity index (χ0n) is 24.9. The van der Waals surface area contributed by atoms with Gasteiger partial charge in [0.05, 0.1) is 0 Å². The van der Waals surface area contributed by atoms with Gasteiger partial charge in [-0.2, -0.15) is 0 Å². The van der Waals surface area contributed by atoms with Gasteiger partial charge in [0.1, 0.15) is 22.7 Å². The number of hydrogen-bond donors (Lipinski definition) is 0. The summed E-state index contributed by atoms with van der Waals surface area (Å²) in [5, 5.41) is 1.27. The molecule has 2 heterocycles. The third-order valence-electron chi connectivity index (χ3n) is 8.63. The molecule has 1 aromatic heterocycles. The van der Waals surface area contributed by atoms with E-state index in [2.05, 4.69) is 54.5 Å². The van der Waals surface area contributed by atoms with Crippen LogP contribution in [-0.2, 0) is 11.8 Å². The van der Waals surface area contributed by atoms with Crippen molar-refractivity contribution in [3.8, 4) is 5.75 Å². The summed E-state index contributed by atoms with van der Waals surface area (Å²) in [6.45, 7) is 15.7. The van der Waals surface area contributed by atoms with Gasteiger partial charge in [0, 0.05) is 16.4 Å². The summed E-state index contributed by atoms with van der Waals surface area (Å²) in [5.74, 6) is 2.21. The highest BCUT2D eigenvalue weighted by Gasteiger charge is 2.34. The van der Waals surface area contributed by atoms with Gasteiger partial charge in [0.25, 0.3) is 0 Å². The Morgan fingerprint density at radius 2 is 1.31 bits per heavy atom. The van der Waals surface area contributed by atoms with Crippen molar-refractivity contribution in [1.82, 2.24) is 0 Å². The van der Waals surface area contributed by atoms with Crippen LogP contribution in [0.3, 0.4) is 0 Å². The minimum Gasteiger partial charge on any atom is -0.487 e. The smallest absolute Gasteiger partial charge is 0.138 e. The molecule has 2 nitrogen and oxygen atoms in total. The number of rotatable bonds is 15. The summed E-state index contributed by atoms with van der Waals surface area (Å²) in [4.78, 5) is 0. The van der Waals surface area contributed by atoms with Crippen LogP contribution in [0.2, 0.25) is 0 Å². The van der Waals surface area contributed by atoms with Crippen LogP contribution in [0.4, 0.5) is 0 Å². The number of ether oxygens (including phenoxy) is 1. The fourth-order valence-corrected chi connectivity index (χ4v) is 5.90. The van der Waals surface area contributed by atoms with Gasteiger partial charge in [-0.05, 0) is 63.6 Å². The average Bonchev–Trinajstić information content (AvgIpc) is 3.29. The maximum Gasteiger partial charge on any atom is 0.138 e. The van der Waals surface area contributed by atoms with Crippen molar-refractivity contribution in [1.29, 1.82) is 0 Å². The zero-order chi connectivity index (χ0) is 26.2. The van der Waals surface area contributed by atoms with Gasteiger partial charge in [0.2, 0.25) is 0 Å². The number of aryl methyl sites for hydroxylation is 2. The topological polar surface area (TPSA) is 22.4 Å². The minimum absolute atomic E-state index is 0.0180. The van der Waals surface area contributed by atoms with E-state index in [-0.39, 0.29) is 11.0 Å². The Hall–Kier alpha value is -1.44. The first kappa shape index (κ1) is 29.1. The van der Waals surface area contributed by atoms with Crippen molar-refractivity contribution in [2.75, 3.05) is 0 Å². The molecule has 3 rings (SSSR count). The highest BCUT2D eigenvalue weighted by Crippen LogP contribution is 2.45. The van der Waals surface area contributed by atoms with Crippen LogP contribution >= 0.6 is 0 Å². The Morgan fingerprint density at radius 3 is 1.83 bits per heavy atom. The van der Waals surface area contributed by atoms with E-state index >= 15 is 0 Å². The Balaban J connectivity index is 1.39. The molecule has 204 valence electrons. The van der Waals surface area contributed by atoms with Gasteiger partial charge in [-0.1, -0.05) is 111 Å². The summed E-state index contributed by atoms with van der Waals surface area (Å²) < 4.78 is 13.2. The van der Waals surface area contributed by atoms with E-state index < -0.39 is 0 Å². The summed E-state index contributed by atoms with van der Waals surface area (Å²) in [7, 11) is 0. The van der Waals surface area contributed by atoms with E-state index in [0.717, 1.165) is 29.9 Å². The molecule has 1 aliphatic heterocycles. The van der Waals surface area contributed by atoms with Gasteiger partial charge in [-0.15, -0.1) is 0 Å². The molecule has 0 N–H and O–H groups in total. The first-order chi connectivity index (χ1) is 17.2. The first-order valence-electron chi connectivity index (χ1n) is 15.4. The van der Waals surface area contributed by atoms with E-state index in [0.29, 0.717) is 0 Å². The third kappa shape index (κ3) is 7.78. The van der Waals surface area contributed by atoms with Crippen LogP contribution in [0.15, 0.2) is 10.5 Å². The second kappa shape index (κ2) is 13.4. The second-order valence-corrected chi connectivity index (χ2v) is 13.1. The van der Waals surface area contributed by atoms with Gasteiger partial charge in [-0.25, -0.2) is 0 Å². The van der Waals surface area contributed by atoms with Crippen molar-refractivity contribution in [2.24, 2.45) is 0 Å². The molecular formula is C34H56O2. The predicted molar refractivity (Wildman–Crippen MR) is 157 cm³/mol. The summed E-state index contributed by atoms with van der Waals surface area (Å²) >= 11 is 0. The van der Waals surface area contributed by atoms with Crippen LogP contribution in [-0.4, -0.2) is 5.60 Å². The summed E-state index contributed by atoms with van der Waals surface area (Å²) in [6, 6.07) is 2.28.